The fourth-order valence-electron chi connectivity index (χ4n) is 4.57. The van der Waals surface area contributed by atoms with E-state index in [1.165, 1.54) is 0 Å². The van der Waals surface area contributed by atoms with E-state index in [0.29, 0.717) is 12.2 Å². The second-order valence-corrected chi connectivity index (χ2v) is 9.40. The summed E-state index contributed by atoms with van der Waals surface area (Å²) in [6.07, 6.45) is 3.39. The van der Waals surface area contributed by atoms with Gasteiger partial charge in [0.15, 0.2) is 5.69 Å². The number of para-hydroxylation sites is 1. The Kier molecular flexibility index (Phi) is 5.08. The maximum Gasteiger partial charge on any atom is 0.275 e. The molecule has 6 nitrogen and oxygen atoms in total. The minimum absolute atomic E-state index is 0.0773. The molecule has 33 heavy (non-hydrogen) atoms. The van der Waals surface area contributed by atoms with Gasteiger partial charge in [0.1, 0.15) is 5.75 Å². The van der Waals surface area contributed by atoms with Crippen molar-refractivity contribution in [1.82, 2.24) is 15.1 Å². The average Bonchev–Trinajstić information content (AvgIpc) is 3.53. The van der Waals surface area contributed by atoms with E-state index in [1.54, 1.807) is 19.6 Å². The Bertz CT molecular complexity index is 1280. The molecule has 1 aliphatic rings. The van der Waals surface area contributed by atoms with Crippen LogP contribution in [0, 0.1) is 0 Å². The summed E-state index contributed by atoms with van der Waals surface area (Å²) in [5.41, 5.74) is 6.31. The van der Waals surface area contributed by atoms with E-state index in [9.17, 15) is 4.79 Å². The lowest BCUT2D eigenvalue weighted by Gasteiger charge is -2.29. The highest BCUT2D eigenvalue weighted by Crippen LogP contribution is 2.45. The van der Waals surface area contributed by atoms with Crippen molar-refractivity contribution in [2.45, 2.75) is 38.8 Å². The molecule has 1 amide bonds. The standard InChI is InChI=1S/C27H27N3O3/c1-27(2,3)25-22-23(28-29-25)26(31)30(24(22)20-7-5-6-8-21(20)32-4)15-17-9-11-18(12-10-17)19-13-14-33-16-19/h5-14,16,24H,15H2,1-4H3,(H,28,29). The summed E-state index contributed by atoms with van der Waals surface area (Å²) >= 11 is 0. The number of aromatic nitrogens is 2. The van der Waals surface area contributed by atoms with Gasteiger partial charge in [-0.2, -0.15) is 5.10 Å². The first-order chi connectivity index (χ1) is 15.9. The fraction of sp³-hybridized carbons (Fsp3) is 0.259. The third kappa shape index (κ3) is 3.61. The lowest BCUT2D eigenvalue weighted by molar-refractivity contribution is 0.0727. The summed E-state index contributed by atoms with van der Waals surface area (Å²) in [5.74, 6) is 0.677. The van der Waals surface area contributed by atoms with Crippen LogP contribution in [0.4, 0.5) is 0 Å². The summed E-state index contributed by atoms with van der Waals surface area (Å²) in [6.45, 7) is 6.85. The minimum atomic E-state index is -0.287. The number of benzene rings is 2. The molecule has 0 radical (unpaired) electrons. The molecular weight excluding hydrogens is 414 g/mol. The topological polar surface area (TPSA) is 71.4 Å². The van der Waals surface area contributed by atoms with Gasteiger partial charge in [0, 0.05) is 34.3 Å². The molecule has 4 aromatic rings. The maximum absolute atomic E-state index is 13.6. The van der Waals surface area contributed by atoms with Crippen molar-refractivity contribution < 1.29 is 13.9 Å². The number of fused-ring (bicyclic) bond motifs is 1. The number of carbonyl (C=O) groups excluding carboxylic acids is 1. The van der Waals surface area contributed by atoms with Crippen LogP contribution in [0.5, 0.6) is 5.75 Å². The predicted octanol–water partition coefficient (Wildman–Crippen LogP) is 5.72. The zero-order valence-corrected chi connectivity index (χ0v) is 19.3. The van der Waals surface area contributed by atoms with Crippen LogP contribution in [0.15, 0.2) is 71.5 Å². The number of nitrogens with zero attached hydrogens (tertiary/aromatic N) is 2. The van der Waals surface area contributed by atoms with E-state index in [1.807, 2.05) is 35.2 Å². The van der Waals surface area contributed by atoms with E-state index < -0.39 is 0 Å². The number of nitrogens with one attached hydrogen (secondary N) is 1. The van der Waals surface area contributed by atoms with Gasteiger partial charge in [0.2, 0.25) is 0 Å². The number of hydrogen-bond acceptors (Lipinski definition) is 4. The third-order valence-electron chi connectivity index (χ3n) is 6.20. The smallest absolute Gasteiger partial charge is 0.275 e. The van der Waals surface area contributed by atoms with E-state index >= 15 is 0 Å². The highest BCUT2D eigenvalue weighted by Gasteiger charge is 2.44. The Hall–Kier alpha value is -3.80. The van der Waals surface area contributed by atoms with Gasteiger partial charge in [-0.25, -0.2) is 0 Å². The number of methoxy groups -OCH3 is 1. The van der Waals surface area contributed by atoms with Crippen molar-refractivity contribution in [3.05, 3.63) is 95.2 Å². The van der Waals surface area contributed by atoms with Crippen LogP contribution in [0.25, 0.3) is 11.1 Å². The molecule has 6 heteroatoms. The number of H-pyrrole nitrogens is 1. The molecule has 0 saturated carbocycles. The van der Waals surface area contributed by atoms with Crippen molar-refractivity contribution in [1.29, 1.82) is 0 Å². The molecule has 0 bridgehead atoms. The molecule has 1 N–H and O–H groups in total. The highest BCUT2D eigenvalue weighted by atomic mass is 16.5. The number of rotatable bonds is 5. The van der Waals surface area contributed by atoms with Crippen molar-refractivity contribution in [3.63, 3.8) is 0 Å². The lowest BCUT2D eigenvalue weighted by atomic mass is 9.85. The lowest BCUT2D eigenvalue weighted by Crippen LogP contribution is -2.30. The molecule has 1 atom stereocenters. The normalized spacial score (nSPS) is 15.7. The molecule has 3 heterocycles. The summed E-state index contributed by atoms with van der Waals surface area (Å²) in [6, 6.07) is 17.8. The Morgan fingerprint density at radius 2 is 1.82 bits per heavy atom. The Morgan fingerprint density at radius 1 is 1.06 bits per heavy atom. The Labute approximate surface area is 193 Å². The zero-order chi connectivity index (χ0) is 23.2. The zero-order valence-electron chi connectivity index (χ0n) is 19.3. The summed E-state index contributed by atoms with van der Waals surface area (Å²) in [7, 11) is 1.66. The molecule has 0 fully saturated rings. The molecule has 1 aliphatic heterocycles. The second-order valence-electron chi connectivity index (χ2n) is 9.40. The molecule has 0 spiro atoms. The highest BCUT2D eigenvalue weighted by molar-refractivity contribution is 5.98. The van der Waals surface area contributed by atoms with E-state index in [-0.39, 0.29) is 17.4 Å². The van der Waals surface area contributed by atoms with Gasteiger partial charge in [-0.15, -0.1) is 0 Å². The molecule has 168 valence electrons. The molecule has 2 aromatic heterocycles. The van der Waals surface area contributed by atoms with Crippen molar-refractivity contribution in [3.8, 4) is 16.9 Å². The number of aromatic amines is 1. The van der Waals surface area contributed by atoms with Crippen LogP contribution < -0.4 is 4.74 Å². The third-order valence-corrected chi connectivity index (χ3v) is 6.20. The van der Waals surface area contributed by atoms with Gasteiger partial charge in [0.05, 0.1) is 25.7 Å². The van der Waals surface area contributed by atoms with E-state index in [2.05, 4.69) is 55.2 Å². The minimum Gasteiger partial charge on any atom is -0.496 e. The van der Waals surface area contributed by atoms with Gasteiger partial charge < -0.3 is 14.1 Å². The number of carbonyl (C=O) groups is 1. The predicted molar refractivity (Wildman–Crippen MR) is 126 cm³/mol. The van der Waals surface area contributed by atoms with Crippen molar-refractivity contribution in [2.24, 2.45) is 0 Å². The van der Waals surface area contributed by atoms with Crippen molar-refractivity contribution in [2.75, 3.05) is 7.11 Å². The maximum atomic E-state index is 13.6. The first-order valence-corrected chi connectivity index (χ1v) is 11.0. The number of furan rings is 1. The molecule has 0 aliphatic carbocycles. The van der Waals surface area contributed by atoms with Gasteiger partial charge >= 0.3 is 0 Å². The van der Waals surface area contributed by atoms with Gasteiger partial charge in [-0.05, 0) is 23.3 Å². The molecule has 5 rings (SSSR count). The number of amides is 1. The summed E-state index contributed by atoms with van der Waals surface area (Å²) < 4.78 is 10.9. The van der Waals surface area contributed by atoms with E-state index in [4.69, 9.17) is 9.15 Å². The monoisotopic (exact) mass is 441 g/mol. The fourth-order valence-corrected chi connectivity index (χ4v) is 4.57. The quantitative estimate of drug-likeness (QED) is 0.430. The first kappa shape index (κ1) is 21.1. The summed E-state index contributed by atoms with van der Waals surface area (Å²) in [5, 5.41) is 7.59. The van der Waals surface area contributed by atoms with Crippen LogP contribution in [-0.4, -0.2) is 28.1 Å². The Balaban J connectivity index is 1.57. The Morgan fingerprint density at radius 3 is 2.48 bits per heavy atom. The van der Waals surface area contributed by atoms with Crippen LogP contribution in [0.1, 0.15) is 59.7 Å². The molecule has 0 saturated heterocycles. The largest absolute Gasteiger partial charge is 0.496 e. The molecule has 2 aromatic carbocycles. The van der Waals surface area contributed by atoms with Crippen LogP contribution >= 0.6 is 0 Å². The second kappa shape index (κ2) is 7.96. The molecular formula is C27H27N3O3. The van der Waals surface area contributed by atoms with Gasteiger partial charge in [-0.1, -0.05) is 63.2 Å². The van der Waals surface area contributed by atoms with Crippen LogP contribution in [-0.2, 0) is 12.0 Å². The number of hydrogen-bond donors (Lipinski definition) is 1. The van der Waals surface area contributed by atoms with Crippen LogP contribution in [0.3, 0.4) is 0 Å². The van der Waals surface area contributed by atoms with E-state index in [0.717, 1.165) is 39.3 Å². The molecule has 1 unspecified atom stereocenters. The van der Waals surface area contributed by atoms with Gasteiger partial charge in [0.25, 0.3) is 5.91 Å². The number of ether oxygens (including phenoxy) is 1. The summed E-state index contributed by atoms with van der Waals surface area (Å²) in [4.78, 5) is 15.5. The van der Waals surface area contributed by atoms with Crippen molar-refractivity contribution >= 4 is 5.91 Å². The van der Waals surface area contributed by atoms with Gasteiger partial charge in [-0.3, -0.25) is 9.89 Å². The first-order valence-electron chi connectivity index (χ1n) is 11.0. The SMILES string of the molecule is COc1ccccc1C1c2c(n[nH]c2C(C)(C)C)C(=O)N1Cc1ccc(-c2ccoc2)cc1. The average molecular weight is 442 g/mol. The van der Waals surface area contributed by atoms with Crippen LogP contribution in [0.2, 0.25) is 0 Å².